The van der Waals surface area contributed by atoms with Crippen LogP contribution >= 0.6 is 0 Å². The third kappa shape index (κ3) is 43.3. The lowest BCUT2D eigenvalue weighted by atomic mass is 9.70. The van der Waals surface area contributed by atoms with E-state index >= 15 is 0 Å². The van der Waals surface area contributed by atoms with Gasteiger partial charge in [0.1, 0.15) is 0 Å². The van der Waals surface area contributed by atoms with Gasteiger partial charge < -0.3 is 0 Å². The Labute approximate surface area is 807 Å². The summed E-state index contributed by atoms with van der Waals surface area (Å²) in [6.07, 6.45) is 0. The zero-order valence-corrected chi connectivity index (χ0v) is 96.6. The summed E-state index contributed by atoms with van der Waals surface area (Å²) in [4.78, 5) is 0. The maximum absolute atomic E-state index is 2.46. The molecule has 8 aromatic carbocycles. The highest BCUT2D eigenvalue weighted by molar-refractivity contribution is 5.51. The number of benzene rings is 8. The van der Waals surface area contributed by atoms with Crippen LogP contribution in [0, 0.1) is 57.8 Å². The normalized spacial score (nSPS) is 12.1. The van der Waals surface area contributed by atoms with E-state index in [2.05, 4.69) is 541 Å². The zero-order chi connectivity index (χ0) is 102. The smallest absolute Gasteiger partial charge is 0.0129 e. The van der Waals surface area contributed by atoms with E-state index in [-0.39, 0.29) is 32.5 Å². The molecular weight excluding hydrogens is 1550 g/mol. The molecule has 0 aromatic heterocycles. The van der Waals surface area contributed by atoms with Crippen LogP contribution in [-0.4, -0.2) is 0 Å². The molecule has 0 spiro atoms. The molecule has 0 aliphatic rings. The molecule has 0 atom stereocenters. The molecule has 0 N–H and O–H groups in total. The quantitative estimate of drug-likeness (QED) is 0.102. The van der Waals surface area contributed by atoms with E-state index in [0.717, 1.165) is 17.8 Å². The van der Waals surface area contributed by atoms with Crippen molar-refractivity contribution in [3.8, 4) is 0 Å². The van der Waals surface area contributed by atoms with E-state index in [1.54, 1.807) is 33.4 Å². The SMILES string of the molecule is CC(C)C(C)(C)C.CC(C)C(C)C.CC(C)c1c(C(C)(C)C)cc(C(C)(C)C)cc1C(C)(C)C.CC(C)c1c(C(C)(C)C)cccc1C(C)(C)C.CC(C)c1cc(C(C)C)c(C(C)C)c(C(C)C)c1.CC(C)c1cccc(C(C)C)c1C(C)C.CC(C)c1ccccc1.CC(C)c1ccccc1C(C)(C)C.Cc1cc(C)c(C(C)C)c(C)c1.Cc1cccc(C)c1C(C)C. The van der Waals surface area contributed by atoms with Crippen LogP contribution < -0.4 is 0 Å². The van der Waals surface area contributed by atoms with Crippen LogP contribution in [0.2, 0.25) is 0 Å². The largest absolute Gasteiger partial charge is 0.0625 e. The van der Waals surface area contributed by atoms with Gasteiger partial charge in [0.2, 0.25) is 0 Å². The van der Waals surface area contributed by atoms with E-state index in [4.69, 9.17) is 0 Å². The van der Waals surface area contributed by atoms with Gasteiger partial charge in [-0.2, -0.15) is 0 Å². The van der Waals surface area contributed by atoms with Gasteiger partial charge in [-0.25, -0.2) is 0 Å². The first-order chi connectivity index (χ1) is 58.4. The predicted molar refractivity (Wildman–Crippen MR) is 595 cm³/mol. The van der Waals surface area contributed by atoms with Crippen molar-refractivity contribution >= 4 is 0 Å². The number of aryl methyl sites for hydroxylation is 5. The maximum Gasteiger partial charge on any atom is -0.0129 e. The lowest BCUT2D eigenvalue weighted by Crippen LogP contribution is -2.24. The monoisotopic (exact) mass is 1760 g/mol. The van der Waals surface area contributed by atoms with Crippen molar-refractivity contribution in [2.75, 3.05) is 0 Å². The molecule has 0 radical (unpaired) electrons. The van der Waals surface area contributed by atoms with Gasteiger partial charge in [0, 0.05) is 0 Å². The molecule has 0 amide bonds. The fourth-order valence-electron chi connectivity index (χ4n) is 16.8. The summed E-state index contributed by atoms with van der Waals surface area (Å²) in [5.41, 5.74) is 37.7. The molecule has 0 bridgehead atoms. The molecule has 0 aliphatic carbocycles. The van der Waals surface area contributed by atoms with Gasteiger partial charge in [0.15, 0.2) is 0 Å². The summed E-state index contributed by atoms with van der Waals surface area (Å²) in [6, 6.07) is 53.7. The molecule has 8 aromatic rings. The van der Waals surface area contributed by atoms with Crippen molar-refractivity contribution in [1.29, 1.82) is 0 Å². The van der Waals surface area contributed by atoms with Crippen LogP contribution in [0.4, 0.5) is 0 Å². The van der Waals surface area contributed by atoms with E-state index in [1.807, 2.05) is 6.07 Å². The first kappa shape index (κ1) is 125. The predicted octanol–water partition coefficient (Wildman–Crippen LogP) is 42.4. The molecule has 0 nitrogen and oxygen atoms in total. The third-order valence-electron chi connectivity index (χ3n) is 25.6. The average molecular weight is 1770 g/mol. The molecule has 8 rings (SSSR count). The summed E-state index contributed by atoms with van der Waals surface area (Å²) in [5, 5.41) is 0. The standard InChI is InChI=1S/C21H36.C18H30.C17H28.C15H24.C13H20.C12H18.C11H16.C9H12.C7H16.C6H14/c1-14(2)18-16(20(6,7)8)12-15(19(3,4)5)13-17(18)21(9,10)11;1-11(2)15-9-16(12(3)4)18(14(7)8)17(10-15)13(5)6;1-12(2)15-13(16(3,4)5)10-9-11-14(15)17(6,7)8;1-10(2)13-8-7-9-14(11(3)4)15(13)12(5)6;1-10(2)11-8-6-7-9-12(11)13(3,4)5;1-8(2)12-10(4)6-9(3)7-11(12)5;1-8(2)11-9(3)6-5-7-10(11)4;1-8(2)9-6-4-3-5-7-9;1-6(2)7(3,4)5;1-5(2)6(3)4/h12-14H,1-11H3;9-14H,1-8H3;9-12H,1-8H3;7-12H,1-6H3;6-10H,1-5H3;6-8H,1-5H3;5-8H,1-4H3;3-8H,1-2H3;6H,1-5H3;5-6H,1-4H3. The van der Waals surface area contributed by atoms with Crippen molar-refractivity contribution in [3.05, 3.63) is 279 Å². The Morgan fingerprint density at radius 2 is 0.426 bits per heavy atom. The lowest BCUT2D eigenvalue weighted by molar-refractivity contribution is 0.283. The summed E-state index contributed by atoms with van der Waals surface area (Å²) >= 11 is 0. The van der Waals surface area contributed by atoms with E-state index in [0.29, 0.717) is 82.3 Å². The van der Waals surface area contributed by atoms with Gasteiger partial charge in [0.25, 0.3) is 0 Å². The second-order valence-corrected chi connectivity index (χ2v) is 50.4. The second-order valence-electron chi connectivity index (χ2n) is 50.4. The van der Waals surface area contributed by atoms with Crippen LogP contribution in [-0.2, 0) is 32.5 Å². The molecule has 0 aliphatic heterocycles. The van der Waals surface area contributed by atoms with Gasteiger partial charge >= 0.3 is 0 Å². The fraction of sp³-hybridized carbons (Fsp3) is 0.628. The molecule has 730 valence electrons. The van der Waals surface area contributed by atoms with E-state index < -0.39 is 0 Å². The Bertz CT molecular complexity index is 4280. The van der Waals surface area contributed by atoms with Gasteiger partial charge in [0.05, 0.1) is 0 Å². The van der Waals surface area contributed by atoms with Crippen LogP contribution in [0.3, 0.4) is 0 Å². The zero-order valence-electron chi connectivity index (χ0n) is 96.6. The molecule has 129 heavy (non-hydrogen) atoms. The Hall–Kier alpha value is -6.24. The van der Waals surface area contributed by atoms with Crippen LogP contribution in [0.5, 0.6) is 0 Å². The first-order valence-corrected chi connectivity index (χ1v) is 51.3. The lowest BCUT2D eigenvalue weighted by Gasteiger charge is -2.35. The Morgan fingerprint density at radius 3 is 0.667 bits per heavy atom. The van der Waals surface area contributed by atoms with Crippen molar-refractivity contribution in [2.24, 2.45) is 23.2 Å². The minimum atomic E-state index is 0.181. The number of hydrogen-bond donors (Lipinski definition) is 0. The van der Waals surface area contributed by atoms with Crippen molar-refractivity contribution in [3.63, 3.8) is 0 Å². The molecule has 0 saturated heterocycles. The summed E-state index contributed by atoms with van der Waals surface area (Å²) in [6.45, 7) is 132. The molecular formula is C129H214. The summed E-state index contributed by atoms with van der Waals surface area (Å²) in [7, 11) is 0. The van der Waals surface area contributed by atoms with Crippen molar-refractivity contribution in [1.82, 2.24) is 0 Å². The number of rotatable bonds is 14. The summed E-state index contributed by atoms with van der Waals surface area (Å²) < 4.78 is 0. The third-order valence-corrected chi connectivity index (χ3v) is 25.6. The van der Waals surface area contributed by atoms with Gasteiger partial charge in [-0.1, -0.05) is 518 Å². The van der Waals surface area contributed by atoms with Crippen molar-refractivity contribution in [2.45, 2.75) is 511 Å². The van der Waals surface area contributed by atoms with Crippen molar-refractivity contribution < 1.29 is 0 Å². The minimum Gasteiger partial charge on any atom is -0.0625 e. The fourth-order valence-corrected chi connectivity index (χ4v) is 16.8. The minimum absolute atomic E-state index is 0.181. The Morgan fingerprint density at radius 1 is 0.178 bits per heavy atom. The molecule has 0 unspecified atom stereocenters. The average Bonchev–Trinajstić information content (AvgIpc) is 0.722. The van der Waals surface area contributed by atoms with E-state index in [1.165, 1.54) is 100 Å². The Kier molecular flexibility index (Phi) is 53.2. The topological polar surface area (TPSA) is 0 Å². The van der Waals surface area contributed by atoms with Gasteiger partial charge in [-0.3, -0.25) is 0 Å². The first-order valence-electron chi connectivity index (χ1n) is 51.3. The number of hydrogen-bond acceptors (Lipinski definition) is 0. The van der Waals surface area contributed by atoms with E-state index in [9.17, 15) is 0 Å². The highest BCUT2D eigenvalue weighted by Crippen LogP contribution is 2.44. The highest BCUT2D eigenvalue weighted by atomic mass is 14.4. The molecule has 0 fully saturated rings. The van der Waals surface area contributed by atoms with Gasteiger partial charge in [-0.05, 0) is 295 Å². The van der Waals surface area contributed by atoms with Crippen LogP contribution in [0.1, 0.15) is 577 Å². The molecule has 0 saturated carbocycles. The maximum atomic E-state index is 2.46. The van der Waals surface area contributed by atoms with Crippen LogP contribution in [0.25, 0.3) is 0 Å². The molecule has 0 heteroatoms. The second kappa shape index (κ2) is 54.9. The highest BCUT2D eigenvalue weighted by Gasteiger charge is 2.32. The Balaban J connectivity index is 0. The van der Waals surface area contributed by atoms with Crippen LogP contribution in [0.15, 0.2) is 146 Å². The summed E-state index contributed by atoms with van der Waals surface area (Å²) in [5.74, 6) is 10.5. The van der Waals surface area contributed by atoms with Gasteiger partial charge in [-0.15, -0.1) is 0 Å². The molecule has 0 heterocycles.